The van der Waals surface area contributed by atoms with E-state index in [4.69, 9.17) is 0 Å². The Labute approximate surface area is 128 Å². The average molecular weight is 305 g/mol. The van der Waals surface area contributed by atoms with Gasteiger partial charge in [-0.1, -0.05) is 35.9 Å². The van der Waals surface area contributed by atoms with Crippen molar-refractivity contribution in [1.82, 2.24) is 0 Å². The van der Waals surface area contributed by atoms with Gasteiger partial charge in [-0.25, -0.2) is 0 Å². The predicted molar refractivity (Wildman–Crippen MR) is 84.8 cm³/mol. The molecule has 0 aliphatic carbocycles. The molecule has 0 aliphatic rings. The molecule has 2 aromatic carbocycles. The summed E-state index contributed by atoms with van der Waals surface area (Å²) in [5, 5.41) is 2.81. The van der Waals surface area contributed by atoms with E-state index in [1.807, 2.05) is 32.0 Å². The molecule has 0 spiro atoms. The van der Waals surface area contributed by atoms with Crippen LogP contribution in [-0.2, 0) is 6.18 Å². The summed E-state index contributed by atoms with van der Waals surface area (Å²) in [4.78, 5) is 0. The quantitative estimate of drug-likeness (QED) is 0.765. The molecule has 2 aromatic rings. The van der Waals surface area contributed by atoms with Gasteiger partial charge in [0.25, 0.3) is 0 Å². The van der Waals surface area contributed by atoms with Crippen LogP contribution in [0.5, 0.6) is 0 Å². The number of halogens is 3. The van der Waals surface area contributed by atoms with Crippen LogP contribution < -0.4 is 5.32 Å². The lowest BCUT2D eigenvalue weighted by Gasteiger charge is -2.18. The van der Waals surface area contributed by atoms with E-state index in [2.05, 4.69) is 11.9 Å². The number of benzene rings is 2. The van der Waals surface area contributed by atoms with Crippen molar-refractivity contribution in [2.45, 2.75) is 26.9 Å². The summed E-state index contributed by atoms with van der Waals surface area (Å²) < 4.78 is 39.5. The molecule has 0 aromatic heterocycles. The first-order valence-corrected chi connectivity index (χ1v) is 6.90. The van der Waals surface area contributed by atoms with Gasteiger partial charge in [-0.2, -0.15) is 13.2 Å². The minimum Gasteiger partial charge on any atom is -0.355 e. The Morgan fingerprint density at radius 2 is 1.55 bits per heavy atom. The maximum absolute atomic E-state index is 13.2. The number of nitrogens with one attached hydrogen (secondary N) is 1. The van der Waals surface area contributed by atoms with Crippen molar-refractivity contribution in [3.63, 3.8) is 0 Å². The predicted octanol–water partition coefficient (Wildman–Crippen LogP) is 5.71. The molecule has 1 nitrogen and oxygen atoms in total. The van der Waals surface area contributed by atoms with Gasteiger partial charge in [0.2, 0.25) is 0 Å². The largest absolute Gasteiger partial charge is 0.418 e. The van der Waals surface area contributed by atoms with Crippen molar-refractivity contribution in [1.29, 1.82) is 0 Å². The third kappa shape index (κ3) is 3.50. The molecule has 0 aliphatic heterocycles. The lowest BCUT2D eigenvalue weighted by molar-refractivity contribution is -0.136. The molecule has 0 unspecified atom stereocenters. The molecule has 2 rings (SSSR count). The molecule has 0 heterocycles. The maximum atomic E-state index is 13.2. The minimum atomic E-state index is -4.41. The third-order valence-electron chi connectivity index (χ3n) is 3.48. The summed E-state index contributed by atoms with van der Waals surface area (Å²) in [7, 11) is 0. The standard InChI is InChI=1S/C18H18F3N/c1-11-5-7-13(3)15(9-11)14(4)22-17-8-6-12(2)10-16(17)18(19,20)21/h5-10,22H,4H2,1-3H3. The molecule has 4 heteroatoms. The maximum Gasteiger partial charge on any atom is 0.418 e. The molecule has 0 saturated carbocycles. The van der Waals surface area contributed by atoms with E-state index in [0.29, 0.717) is 11.3 Å². The first-order chi connectivity index (χ1) is 10.2. The van der Waals surface area contributed by atoms with Gasteiger partial charge in [0.1, 0.15) is 0 Å². The lowest BCUT2D eigenvalue weighted by Crippen LogP contribution is -2.11. The topological polar surface area (TPSA) is 12.0 Å². The van der Waals surface area contributed by atoms with Gasteiger partial charge in [-0.3, -0.25) is 0 Å². The summed E-state index contributed by atoms with van der Waals surface area (Å²) in [6.45, 7) is 9.36. The van der Waals surface area contributed by atoms with E-state index < -0.39 is 11.7 Å². The number of hydrogen-bond acceptors (Lipinski definition) is 1. The molecule has 0 fully saturated rings. The molecule has 0 bridgehead atoms. The Morgan fingerprint density at radius 3 is 2.18 bits per heavy atom. The fraction of sp³-hybridized carbons (Fsp3) is 0.222. The van der Waals surface area contributed by atoms with Crippen LogP contribution in [0, 0.1) is 20.8 Å². The van der Waals surface area contributed by atoms with Crippen LogP contribution >= 0.6 is 0 Å². The minimum absolute atomic E-state index is 0.0176. The monoisotopic (exact) mass is 305 g/mol. The SMILES string of the molecule is C=C(Nc1ccc(C)cc1C(F)(F)F)c1cc(C)ccc1C. The van der Waals surface area contributed by atoms with Crippen LogP contribution in [0.25, 0.3) is 5.70 Å². The molecule has 116 valence electrons. The Hall–Kier alpha value is -2.23. The highest BCUT2D eigenvalue weighted by molar-refractivity contribution is 5.78. The van der Waals surface area contributed by atoms with Crippen molar-refractivity contribution in [2.75, 3.05) is 5.32 Å². The van der Waals surface area contributed by atoms with Crippen molar-refractivity contribution < 1.29 is 13.2 Å². The van der Waals surface area contributed by atoms with E-state index in [1.165, 1.54) is 6.07 Å². The molecule has 22 heavy (non-hydrogen) atoms. The molecule has 1 N–H and O–H groups in total. The smallest absolute Gasteiger partial charge is 0.355 e. The lowest BCUT2D eigenvalue weighted by atomic mass is 10.0. The Morgan fingerprint density at radius 1 is 0.955 bits per heavy atom. The first kappa shape index (κ1) is 16.1. The number of alkyl halides is 3. The van der Waals surface area contributed by atoms with Gasteiger partial charge >= 0.3 is 6.18 Å². The van der Waals surface area contributed by atoms with Gasteiger partial charge in [-0.05, 0) is 44.5 Å². The highest BCUT2D eigenvalue weighted by Crippen LogP contribution is 2.36. The molecule has 0 radical (unpaired) electrons. The third-order valence-corrected chi connectivity index (χ3v) is 3.48. The summed E-state index contributed by atoms with van der Waals surface area (Å²) in [5.74, 6) is 0. The Balaban J connectivity index is 2.39. The summed E-state index contributed by atoms with van der Waals surface area (Å²) in [5.41, 5.74) is 3.16. The van der Waals surface area contributed by atoms with E-state index in [9.17, 15) is 13.2 Å². The van der Waals surface area contributed by atoms with Gasteiger partial charge in [0.15, 0.2) is 0 Å². The van der Waals surface area contributed by atoms with Crippen molar-refractivity contribution in [3.05, 3.63) is 70.8 Å². The second-order valence-corrected chi connectivity index (χ2v) is 5.47. The van der Waals surface area contributed by atoms with Crippen LogP contribution in [0.15, 0.2) is 43.0 Å². The number of rotatable bonds is 3. The van der Waals surface area contributed by atoms with Crippen molar-refractivity contribution in [3.8, 4) is 0 Å². The van der Waals surface area contributed by atoms with Crippen LogP contribution in [0.1, 0.15) is 27.8 Å². The van der Waals surface area contributed by atoms with E-state index in [-0.39, 0.29) is 5.69 Å². The normalized spacial score (nSPS) is 11.4. The highest BCUT2D eigenvalue weighted by Gasteiger charge is 2.33. The van der Waals surface area contributed by atoms with Crippen LogP contribution in [0.3, 0.4) is 0 Å². The van der Waals surface area contributed by atoms with Crippen molar-refractivity contribution in [2.24, 2.45) is 0 Å². The van der Waals surface area contributed by atoms with Crippen molar-refractivity contribution >= 4 is 11.4 Å². The molecule has 0 saturated heterocycles. The van der Waals surface area contributed by atoms with E-state index in [1.54, 1.807) is 13.0 Å². The second-order valence-electron chi connectivity index (χ2n) is 5.47. The van der Waals surface area contributed by atoms with Crippen LogP contribution in [0.4, 0.5) is 18.9 Å². The molecular formula is C18H18F3N. The summed E-state index contributed by atoms with van der Waals surface area (Å²) in [6, 6.07) is 10.0. The fourth-order valence-corrected chi connectivity index (χ4v) is 2.29. The zero-order valence-corrected chi connectivity index (χ0v) is 12.8. The second kappa shape index (κ2) is 5.87. The number of aryl methyl sites for hydroxylation is 3. The van der Waals surface area contributed by atoms with Crippen LogP contribution in [0.2, 0.25) is 0 Å². The zero-order valence-electron chi connectivity index (χ0n) is 12.8. The van der Waals surface area contributed by atoms with Gasteiger partial charge in [-0.15, -0.1) is 0 Å². The van der Waals surface area contributed by atoms with Crippen LogP contribution in [-0.4, -0.2) is 0 Å². The van der Waals surface area contributed by atoms with E-state index >= 15 is 0 Å². The number of hydrogen-bond donors (Lipinski definition) is 1. The highest BCUT2D eigenvalue weighted by atomic mass is 19.4. The number of anilines is 1. The zero-order chi connectivity index (χ0) is 16.5. The van der Waals surface area contributed by atoms with Gasteiger partial charge < -0.3 is 5.32 Å². The Bertz CT molecular complexity index is 715. The molecular weight excluding hydrogens is 287 g/mol. The van der Waals surface area contributed by atoms with Gasteiger partial charge in [0.05, 0.1) is 11.3 Å². The molecule has 0 amide bonds. The fourth-order valence-electron chi connectivity index (χ4n) is 2.29. The first-order valence-electron chi connectivity index (χ1n) is 6.90. The Kier molecular flexibility index (Phi) is 4.31. The van der Waals surface area contributed by atoms with Gasteiger partial charge in [0, 0.05) is 11.3 Å². The van der Waals surface area contributed by atoms with E-state index in [0.717, 1.165) is 22.8 Å². The summed E-state index contributed by atoms with van der Waals surface area (Å²) >= 11 is 0. The molecule has 0 atom stereocenters. The summed E-state index contributed by atoms with van der Waals surface area (Å²) in [6.07, 6.45) is -4.41. The average Bonchev–Trinajstić information content (AvgIpc) is 2.42.